The maximum absolute atomic E-state index is 10.0. The lowest BCUT2D eigenvalue weighted by Gasteiger charge is -2.30. The van der Waals surface area contributed by atoms with E-state index < -0.39 is 0 Å². The highest BCUT2D eigenvalue weighted by Gasteiger charge is 2.19. The predicted molar refractivity (Wildman–Crippen MR) is 82.4 cm³/mol. The Morgan fingerprint density at radius 1 is 1.21 bits per heavy atom. The van der Waals surface area contributed by atoms with Crippen LogP contribution in [-0.2, 0) is 0 Å². The maximum Gasteiger partial charge on any atom is 0.120 e. The normalized spacial score (nSPS) is 12.2. The van der Waals surface area contributed by atoms with Gasteiger partial charge in [-0.1, -0.05) is 34.1 Å². The molecule has 3 N–H and O–H groups in total. The van der Waals surface area contributed by atoms with Gasteiger partial charge >= 0.3 is 0 Å². The van der Waals surface area contributed by atoms with Gasteiger partial charge in [0.1, 0.15) is 5.75 Å². The van der Waals surface area contributed by atoms with E-state index in [4.69, 9.17) is 5.73 Å². The van der Waals surface area contributed by atoms with Crippen molar-refractivity contribution >= 4 is 21.6 Å². The first kappa shape index (κ1) is 13.9. The first-order valence-electron chi connectivity index (χ1n) is 6.10. The van der Waals surface area contributed by atoms with Crippen molar-refractivity contribution in [1.82, 2.24) is 0 Å². The van der Waals surface area contributed by atoms with Crippen LogP contribution in [0.3, 0.4) is 0 Å². The summed E-state index contributed by atoms with van der Waals surface area (Å²) in [5, 5.41) is 10.0. The summed E-state index contributed by atoms with van der Waals surface area (Å²) >= 11 is 3.43. The van der Waals surface area contributed by atoms with Crippen LogP contribution >= 0.6 is 15.9 Å². The van der Waals surface area contributed by atoms with Crippen molar-refractivity contribution in [3.8, 4) is 5.75 Å². The van der Waals surface area contributed by atoms with E-state index >= 15 is 0 Å². The fraction of sp³-hybridized carbons (Fsp3) is 0.200. The summed E-state index contributed by atoms with van der Waals surface area (Å²) in [5.74, 6) is 0.265. The molecule has 0 amide bonds. The molecule has 0 saturated heterocycles. The molecule has 100 valence electrons. The monoisotopic (exact) mass is 320 g/mol. The van der Waals surface area contributed by atoms with Crippen molar-refractivity contribution in [2.24, 2.45) is 5.73 Å². The van der Waals surface area contributed by atoms with Gasteiger partial charge in [-0.2, -0.15) is 0 Å². The Hall–Kier alpha value is -1.52. The molecular formula is C15H17BrN2O. The highest BCUT2D eigenvalue weighted by atomic mass is 79.9. The van der Waals surface area contributed by atoms with E-state index in [9.17, 15) is 5.11 Å². The molecule has 0 bridgehead atoms. The second kappa shape index (κ2) is 6.08. The van der Waals surface area contributed by atoms with Crippen molar-refractivity contribution in [2.45, 2.75) is 6.04 Å². The Labute approximate surface area is 121 Å². The molecule has 0 saturated carbocycles. The van der Waals surface area contributed by atoms with E-state index in [2.05, 4.69) is 20.8 Å². The number of phenols is 1. The molecular weight excluding hydrogens is 304 g/mol. The molecule has 0 aromatic heterocycles. The minimum absolute atomic E-state index is 0.0695. The minimum Gasteiger partial charge on any atom is -0.508 e. The number of phenolic OH excluding ortho intramolecular Hbond substituents is 1. The Balaban J connectivity index is 2.37. The molecule has 2 rings (SSSR count). The molecule has 0 heterocycles. The lowest BCUT2D eigenvalue weighted by molar-refractivity contribution is 0.460. The number of hydrogen-bond donors (Lipinski definition) is 2. The second-order valence-electron chi connectivity index (χ2n) is 4.40. The van der Waals surface area contributed by atoms with Crippen LogP contribution in [0, 0.1) is 0 Å². The van der Waals surface area contributed by atoms with Gasteiger partial charge in [0.25, 0.3) is 0 Å². The number of nitrogens with two attached hydrogens (primary N) is 1. The molecule has 0 aliphatic rings. The van der Waals surface area contributed by atoms with Gasteiger partial charge in [-0.25, -0.2) is 0 Å². The number of rotatable bonds is 4. The number of halogens is 1. The van der Waals surface area contributed by atoms with Crippen molar-refractivity contribution in [3.63, 3.8) is 0 Å². The van der Waals surface area contributed by atoms with Crippen LogP contribution in [0.25, 0.3) is 0 Å². The second-order valence-corrected chi connectivity index (χ2v) is 5.32. The van der Waals surface area contributed by atoms with Gasteiger partial charge in [0, 0.05) is 29.3 Å². The summed E-state index contributed by atoms with van der Waals surface area (Å²) in [6.45, 7) is 0.426. The first-order valence-corrected chi connectivity index (χ1v) is 6.89. The van der Waals surface area contributed by atoms with Crippen molar-refractivity contribution in [1.29, 1.82) is 0 Å². The Morgan fingerprint density at radius 2 is 1.89 bits per heavy atom. The van der Waals surface area contributed by atoms with E-state index in [-0.39, 0.29) is 11.8 Å². The van der Waals surface area contributed by atoms with E-state index in [0.717, 1.165) is 15.7 Å². The number of para-hydroxylation sites is 1. The summed E-state index contributed by atoms with van der Waals surface area (Å²) in [4.78, 5) is 2.07. The quantitative estimate of drug-likeness (QED) is 0.908. The van der Waals surface area contributed by atoms with Gasteiger partial charge in [-0.05, 0) is 30.3 Å². The summed E-state index contributed by atoms with van der Waals surface area (Å²) in [7, 11) is 1.98. The molecule has 0 radical (unpaired) electrons. The molecule has 1 atom stereocenters. The molecule has 0 fully saturated rings. The van der Waals surface area contributed by atoms with Crippen LogP contribution in [0.15, 0.2) is 53.0 Å². The minimum atomic E-state index is -0.0695. The Kier molecular flexibility index (Phi) is 4.45. The van der Waals surface area contributed by atoms with Gasteiger partial charge in [0.15, 0.2) is 0 Å². The molecule has 0 aliphatic carbocycles. The smallest absolute Gasteiger partial charge is 0.120 e. The van der Waals surface area contributed by atoms with Gasteiger partial charge in [-0.3, -0.25) is 0 Å². The fourth-order valence-electron chi connectivity index (χ4n) is 2.13. The standard InChI is InChI=1S/C15H17BrN2O/c1-18(12-5-3-2-4-6-12)14(10-17)13-9-11(16)7-8-15(13)19/h2-9,14,19H,10,17H2,1H3. The average molecular weight is 321 g/mol. The number of benzene rings is 2. The van der Waals surface area contributed by atoms with Crippen molar-refractivity contribution in [2.75, 3.05) is 18.5 Å². The number of aromatic hydroxyl groups is 1. The van der Waals surface area contributed by atoms with Crippen LogP contribution < -0.4 is 10.6 Å². The van der Waals surface area contributed by atoms with Crippen LogP contribution in [-0.4, -0.2) is 18.7 Å². The molecule has 2 aromatic rings. The molecule has 2 aromatic carbocycles. The number of hydrogen-bond acceptors (Lipinski definition) is 3. The highest BCUT2D eigenvalue weighted by molar-refractivity contribution is 9.10. The van der Waals surface area contributed by atoms with Gasteiger partial charge in [0.05, 0.1) is 6.04 Å². The number of likely N-dealkylation sites (N-methyl/N-ethyl adjacent to an activating group) is 1. The van der Waals surface area contributed by atoms with E-state index in [1.54, 1.807) is 6.07 Å². The Bertz CT molecular complexity index is 545. The molecule has 19 heavy (non-hydrogen) atoms. The maximum atomic E-state index is 10.0. The molecule has 0 spiro atoms. The molecule has 3 nitrogen and oxygen atoms in total. The average Bonchev–Trinajstić information content (AvgIpc) is 2.44. The lowest BCUT2D eigenvalue weighted by Crippen LogP contribution is -2.30. The summed E-state index contributed by atoms with van der Waals surface area (Å²) in [6, 6.07) is 15.3. The van der Waals surface area contributed by atoms with Crippen LogP contribution in [0.2, 0.25) is 0 Å². The van der Waals surface area contributed by atoms with Crippen molar-refractivity contribution in [3.05, 3.63) is 58.6 Å². The highest BCUT2D eigenvalue weighted by Crippen LogP contribution is 2.32. The van der Waals surface area contributed by atoms with E-state index in [0.29, 0.717) is 6.54 Å². The molecule has 0 aliphatic heterocycles. The zero-order valence-electron chi connectivity index (χ0n) is 10.8. The van der Waals surface area contributed by atoms with Gasteiger partial charge in [0.2, 0.25) is 0 Å². The van der Waals surface area contributed by atoms with Crippen LogP contribution in [0.5, 0.6) is 5.75 Å². The molecule has 4 heteroatoms. The summed E-state index contributed by atoms with van der Waals surface area (Å²) in [6.07, 6.45) is 0. The number of nitrogens with zero attached hydrogens (tertiary/aromatic N) is 1. The zero-order chi connectivity index (χ0) is 13.8. The Morgan fingerprint density at radius 3 is 2.53 bits per heavy atom. The van der Waals surface area contributed by atoms with Crippen LogP contribution in [0.4, 0.5) is 5.69 Å². The van der Waals surface area contributed by atoms with E-state index in [1.165, 1.54) is 0 Å². The SMILES string of the molecule is CN(c1ccccc1)C(CN)c1cc(Br)ccc1O. The first-order chi connectivity index (χ1) is 9.13. The van der Waals surface area contributed by atoms with Crippen molar-refractivity contribution < 1.29 is 5.11 Å². The summed E-state index contributed by atoms with van der Waals surface area (Å²) < 4.78 is 0.931. The third kappa shape index (κ3) is 3.08. The lowest BCUT2D eigenvalue weighted by atomic mass is 10.0. The van der Waals surface area contributed by atoms with Gasteiger partial charge < -0.3 is 15.7 Å². The fourth-order valence-corrected chi connectivity index (χ4v) is 2.51. The number of anilines is 1. The van der Waals surface area contributed by atoms with E-state index in [1.807, 2.05) is 49.5 Å². The third-order valence-corrected chi connectivity index (χ3v) is 3.70. The largest absolute Gasteiger partial charge is 0.508 e. The third-order valence-electron chi connectivity index (χ3n) is 3.20. The van der Waals surface area contributed by atoms with Gasteiger partial charge in [-0.15, -0.1) is 0 Å². The van der Waals surface area contributed by atoms with Crippen LogP contribution in [0.1, 0.15) is 11.6 Å². The summed E-state index contributed by atoms with van der Waals surface area (Å²) in [5.41, 5.74) is 7.78. The zero-order valence-corrected chi connectivity index (χ0v) is 12.3. The predicted octanol–water partition coefficient (Wildman–Crippen LogP) is 3.29. The topological polar surface area (TPSA) is 49.5 Å². The molecule has 1 unspecified atom stereocenters.